The minimum atomic E-state index is 0. The van der Waals surface area contributed by atoms with Crippen LogP contribution in [-0.2, 0) is 40.2 Å². The van der Waals surface area contributed by atoms with E-state index in [1.807, 2.05) is 0 Å². The molecule has 7 heavy (non-hydrogen) atoms. The maximum absolute atomic E-state index is 0. The summed E-state index contributed by atoms with van der Waals surface area (Å²) in [6, 6.07) is 0. The van der Waals surface area contributed by atoms with Crippen LogP contribution in [0.5, 0.6) is 0 Å². The predicted molar refractivity (Wildman–Crippen MR) is 45.5 cm³/mol. The van der Waals surface area contributed by atoms with Gasteiger partial charge in [0, 0.05) is 40.2 Å². The Morgan fingerprint density at radius 2 is 0.429 bits per heavy atom. The molecular formula is H5Br3Cl2Ir2. The quantitative estimate of drug-likeness (QED) is 0.365. The van der Waals surface area contributed by atoms with Crippen LogP contribution >= 0.6 is 75.8 Å². The summed E-state index contributed by atoms with van der Waals surface area (Å²) in [7, 11) is 0. The molecule has 0 N–H and O–H groups in total. The predicted octanol–water partition coefficient (Wildman–Crippen LogP) is 2.57. The van der Waals surface area contributed by atoms with Crippen molar-refractivity contribution in [3.8, 4) is 0 Å². The molecule has 58 valence electrons. The monoisotopic (exact) mass is 698 g/mol. The minimum Gasteiger partial charge on any atom is -0.147 e. The molecule has 0 nitrogen and oxygen atoms in total. The first kappa shape index (κ1) is 81.4. The molecule has 2 radical (unpaired) electrons. The first-order valence-electron chi connectivity index (χ1n) is 0. The molecule has 0 heterocycles. The Morgan fingerprint density at radius 3 is 0.429 bits per heavy atom. The Kier molecular flexibility index (Phi) is 681. The fourth-order valence-corrected chi connectivity index (χ4v) is 0. The van der Waals surface area contributed by atoms with Crippen LogP contribution in [-0.4, -0.2) is 0 Å². The van der Waals surface area contributed by atoms with E-state index in [4.69, 9.17) is 0 Å². The Bertz CT molecular complexity index is 10.9. The van der Waals surface area contributed by atoms with Gasteiger partial charge in [0.15, 0.2) is 0 Å². The van der Waals surface area contributed by atoms with Crippen LogP contribution in [0.4, 0.5) is 0 Å². The van der Waals surface area contributed by atoms with Gasteiger partial charge in [0.2, 0.25) is 0 Å². The largest absolute Gasteiger partial charge is 0.147 e. The summed E-state index contributed by atoms with van der Waals surface area (Å²) in [6.45, 7) is 0. The van der Waals surface area contributed by atoms with Crippen molar-refractivity contribution in [1.82, 2.24) is 0 Å². The molecule has 0 unspecified atom stereocenters. The molecule has 0 amide bonds. The Balaban J connectivity index is 0. The van der Waals surface area contributed by atoms with Crippen molar-refractivity contribution in [3.05, 3.63) is 0 Å². The van der Waals surface area contributed by atoms with E-state index in [2.05, 4.69) is 0 Å². The van der Waals surface area contributed by atoms with Gasteiger partial charge in [0.05, 0.1) is 0 Å². The summed E-state index contributed by atoms with van der Waals surface area (Å²) in [5, 5.41) is 0. The first-order chi connectivity index (χ1) is 0. The van der Waals surface area contributed by atoms with Crippen LogP contribution in [0.1, 0.15) is 0 Å². The third-order valence-corrected chi connectivity index (χ3v) is 0. The van der Waals surface area contributed by atoms with Gasteiger partial charge in [-0.25, -0.2) is 0 Å². The van der Waals surface area contributed by atoms with Gasteiger partial charge in [-0.3, -0.25) is 0 Å². The molecule has 0 rings (SSSR count). The molecule has 0 saturated heterocycles. The van der Waals surface area contributed by atoms with E-state index in [1.54, 1.807) is 0 Å². The maximum atomic E-state index is 0. The average molecular weight is 700 g/mol. The van der Waals surface area contributed by atoms with Gasteiger partial charge < -0.3 is 0 Å². The van der Waals surface area contributed by atoms with E-state index in [0.29, 0.717) is 0 Å². The first-order valence-corrected chi connectivity index (χ1v) is 0. The van der Waals surface area contributed by atoms with Gasteiger partial charge in [-0.1, -0.05) is 0 Å². The Morgan fingerprint density at radius 1 is 0.429 bits per heavy atom. The van der Waals surface area contributed by atoms with Crippen molar-refractivity contribution in [3.63, 3.8) is 0 Å². The molecule has 0 aromatic carbocycles. The van der Waals surface area contributed by atoms with Crippen LogP contribution in [0.2, 0.25) is 0 Å². The SMILES string of the molecule is Br.Br.Br.Cl.Cl.[Ir].[Ir]. The summed E-state index contributed by atoms with van der Waals surface area (Å²) in [5.41, 5.74) is 0. The molecule has 0 aliphatic rings. The smallest absolute Gasteiger partial charge is 0 e. The van der Waals surface area contributed by atoms with E-state index in [1.165, 1.54) is 0 Å². The third-order valence-electron chi connectivity index (χ3n) is 0. The molecule has 0 saturated carbocycles. The number of hydrogen-bond acceptors (Lipinski definition) is 0. The normalized spacial score (nSPS) is 0. The van der Waals surface area contributed by atoms with Crippen molar-refractivity contribution in [2.45, 2.75) is 0 Å². The molecule has 0 aliphatic heterocycles. The van der Waals surface area contributed by atoms with E-state index < -0.39 is 0 Å². The summed E-state index contributed by atoms with van der Waals surface area (Å²) in [4.78, 5) is 0. The molecule has 0 aromatic heterocycles. The third kappa shape index (κ3) is 45.3. The number of rotatable bonds is 0. The van der Waals surface area contributed by atoms with Gasteiger partial charge in [-0.15, -0.1) is 75.8 Å². The molecule has 0 atom stereocenters. The fraction of sp³-hybridized carbons (Fsp3) is 0. The number of hydrogen-bond donors (Lipinski definition) is 0. The zero-order chi connectivity index (χ0) is 0. The summed E-state index contributed by atoms with van der Waals surface area (Å²) in [5.74, 6) is 0. The van der Waals surface area contributed by atoms with Gasteiger partial charge in [0.25, 0.3) is 0 Å². The molecule has 0 aliphatic carbocycles. The topological polar surface area (TPSA) is 0 Å². The van der Waals surface area contributed by atoms with E-state index in [0.717, 1.165) is 0 Å². The van der Waals surface area contributed by atoms with Gasteiger partial charge >= 0.3 is 0 Å². The second-order valence-electron chi connectivity index (χ2n) is 0. The molecule has 0 bridgehead atoms. The number of halogens is 5. The standard InChI is InChI=1S/3BrH.2ClH.2Ir/h5*1H;;. The zero-order valence-corrected chi connectivity index (χ0v) is 14.3. The Labute approximate surface area is 114 Å². The van der Waals surface area contributed by atoms with Gasteiger partial charge in [-0.2, -0.15) is 0 Å². The van der Waals surface area contributed by atoms with Crippen LogP contribution in [0, 0.1) is 0 Å². The van der Waals surface area contributed by atoms with Crippen LogP contribution in [0.3, 0.4) is 0 Å². The van der Waals surface area contributed by atoms with Crippen molar-refractivity contribution >= 4 is 75.8 Å². The van der Waals surface area contributed by atoms with Gasteiger partial charge in [0.1, 0.15) is 0 Å². The van der Waals surface area contributed by atoms with E-state index in [-0.39, 0.29) is 116 Å². The summed E-state index contributed by atoms with van der Waals surface area (Å²) < 4.78 is 0. The molecule has 0 spiro atoms. The van der Waals surface area contributed by atoms with Gasteiger partial charge in [-0.05, 0) is 0 Å². The van der Waals surface area contributed by atoms with Crippen molar-refractivity contribution < 1.29 is 40.2 Å². The second-order valence-corrected chi connectivity index (χ2v) is 0. The average Bonchev–Trinajstić information content (AvgIpc) is 0. The summed E-state index contributed by atoms with van der Waals surface area (Å²) in [6.07, 6.45) is 0. The van der Waals surface area contributed by atoms with Crippen LogP contribution in [0.25, 0.3) is 0 Å². The molecule has 7 heteroatoms. The Hall–Kier alpha value is 3.32. The molecule has 0 aromatic rings. The van der Waals surface area contributed by atoms with Crippen LogP contribution < -0.4 is 0 Å². The summed E-state index contributed by atoms with van der Waals surface area (Å²) >= 11 is 0. The molecular weight excluding hydrogens is 695 g/mol. The second kappa shape index (κ2) is 58.6. The maximum Gasteiger partial charge on any atom is 0 e. The minimum absolute atomic E-state index is 0. The van der Waals surface area contributed by atoms with E-state index >= 15 is 0 Å². The van der Waals surface area contributed by atoms with Crippen molar-refractivity contribution in [1.29, 1.82) is 0 Å². The van der Waals surface area contributed by atoms with Crippen LogP contribution in [0.15, 0.2) is 0 Å². The van der Waals surface area contributed by atoms with Crippen molar-refractivity contribution in [2.24, 2.45) is 0 Å². The molecule has 0 fully saturated rings. The zero-order valence-electron chi connectivity index (χ0n) is 2.71. The fourth-order valence-electron chi connectivity index (χ4n) is 0. The van der Waals surface area contributed by atoms with E-state index in [9.17, 15) is 0 Å². The van der Waals surface area contributed by atoms with Crippen molar-refractivity contribution in [2.75, 3.05) is 0 Å².